The van der Waals surface area contributed by atoms with E-state index in [1.165, 1.54) is 31.2 Å². The van der Waals surface area contributed by atoms with Crippen molar-refractivity contribution in [1.82, 2.24) is 9.80 Å². The first-order valence-electron chi connectivity index (χ1n) is 9.82. The SMILES string of the molecule is CC(=O)Nc1cc(NC(=O)N2CCCN(C(=O)c3ccc(F)cc3)CC2)ccc1C. The lowest BCUT2D eigenvalue weighted by Gasteiger charge is -2.23. The Balaban J connectivity index is 1.61. The zero-order valence-corrected chi connectivity index (χ0v) is 17.1. The van der Waals surface area contributed by atoms with Gasteiger partial charge in [-0.05, 0) is 55.3 Å². The summed E-state index contributed by atoms with van der Waals surface area (Å²) in [5.41, 5.74) is 2.55. The molecule has 3 rings (SSSR count). The lowest BCUT2D eigenvalue weighted by molar-refractivity contribution is -0.114. The number of nitrogens with zero attached hydrogens (tertiary/aromatic N) is 2. The Labute approximate surface area is 174 Å². The number of urea groups is 1. The van der Waals surface area contributed by atoms with Crippen LogP contribution in [0, 0.1) is 12.7 Å². The molecule has 4 amide bonds. The molecule has 2 N–H and O–H groups in total. The molecule has 0 unspecified atom stereocenters. The topological polar surface area (TPSA) is 81.8 Å². The molecule has 1 aliphatic heterocycles. The zero-order chi connectivity index (χ0) is 21.7. The van der Waals surface area contributed by atoms with Gasteiger partial charge in [0.2, 0.25) is 5.91 Å². The van der Waals surface area contributed by atoms with Crippen LogP contribution in [0.25, 0.3) is 0 Å². The summed E-state index contributed by atoms with van der Waals surface area (Å²) in [6.45, 7) is 5.14. The van der Waals surface area contributed by atoms with E-state index in [1.54, 1.807) is 21.9 Å². The van der Waals surface area contributed by atoms with Crippen molar-refractivity contribution in [2.24, 2.45) is 0 Å². The molecule has 0 spiro atoms. The summed E-state index contributed by atoms with van der Waals surface area (Å²) >= 11 is 0. The average Bonchev–Trinajstić information content (AvgIpc) is 2.96. The molecule has 1 saturated heterocycles. The van der Waals surface area contributed by atoms with Crippen LogP contribution in [0.2, 0.25) is 0 Å². The smallest absolute Gasteiger partial charge is 0.321 e. The molecule has 0 bridgehead atoms. The van der Waals surface area contributed by atoms with Gasteiger partial charge in [0, 0.05) is 50.0 Å². The first-order chi connectivity index (χ1) is 14.3. The molecule has 1 heterocycles. The second-order valence-corrected chi connectivity index (χ2v) is 7.28. The molecule has 0 aliphatic carbocycles. The average molecular weight is 412 g/mol. The minimum atomic E-state index is -0.386. The summed E-state index contributed by atoms with van der Waals surface area (Å²) in [4.78, 5) is 40.0. The van der Waals surface area contributed by atoms with Gasteiger partial charge in [-0.3, -0.25) is 9.59 Å². The van der Waals surface area contributed by atoms with Crippen LogP contribution in [-0.2, 0) is 4.79 Å². The van der Waals surface area contributed by atoms with Gasteiger partial charge in [0.15, 0.2) is 0 Å². The number of hydrogen-bond acceptors (Lipinski definition) is 3. The Bertz CT molecular complexity index is 946. The van der Waals surface area contributed by atoms with Crippen molar-refractivity contribution in [3.63, 3.8) is 0 Å². The molecular formula is C22H25FN4O3. The number of hydrogen-bond donors (Lipinski definition) is 2. The van der Waals surface area contributed by atoms with Crippen LogP contribution in [-0.4, -0.2) is 53.8 Å². The van der Waals surface area contributed by atoms with Gasteiger partial charge in [0.25, 0.3) is 5.91 Å². The molecule has 0 aromatic heterocycles. The van der Waals surface area contributed by atoms with Gasteiger partial charge in [0.1, 0.15) is 5.82 Å². The highest BCUT2D eigenvalue weighted by Crippen LogP contribution is 2.21. The monoisotopic (exact) mass is 412 g/mol. The Morgan fingerprint density at radius 2 is 1.57 bits per heavy atom. The molecule has 0 radical (unpaired) electrons. The van der Waals surface area contributed by atoms with E-state index >= 15 is 0 Å². The predicted octanol–water partition coefficient (Wildman–Crippen LogP) is 3.47. The number of nitrogens with one attached hydrogen (secondary N) is 2. The van der Waals surface area contributed by atoms with Crippen LogP contribution < -0.4 is 10.6 Å². The molecule has 8 heteroatoms. The van der Waals surface area contributed by atoms with Crippen LogP contribution in [0.4, 0.5) is 20.6 Å². The van der Waals surface area contributed by atoms with Crippen molar-refractivity contribution in [1.29, 1.82) is 0 Å². The lowest BCUT2D eigenvalue weighted by Crippen LogP contribution is -2.39. The number of amides is 4. The number of halogens is 1. The number of carbonyl (C=O) groups excluding carboxylic acids is 3. The van der Waals surface area contributed by atoms with E-state index in [-0.39, 0.29) is 23.7 Å². The summed E-state index contributed by atoms with van der Waals surface area (Å²) in [6.07, 6.45) is 0.644. The van der Waals surface area contributed by atoms with E-state index in [9.17, 15) is 18.8 Å². The summed E-state index contributed by atoms with van der Waals surface area (Å²) in [6, 6.07) is 10.5. The highest BCUT2D eigenvalue weighted by atomic mass is 19.1. The van der Waals surface area contributed by atoms with Crippen molar-refractivity contribution in [3.05, 3.63) is 59.4 Å². The first-order valence-corrected chi connectivity index (χ1v) is 9.82. The Hall–Kier alpha value is -3.42. The second-order valence-electron chi connectivity index (χ2n) is 7.28. The Morgan fingerprint density at radius 3 is 2.27 bits per heavy atom. The van der Waals surface area contributed by atoms with Gasteiger partial charge in [-0.15, -0.1) is 0 Å². The summed E-state index contributed by atoms with van der Waals surface area (Å²) in [7, 11) is 0. The fourth-order valence-electron chi connectivity index (χ4n) is 3.33. The second kappa shape index (κ2) is 9.39. The third-order valence-electron chi connectivity index (χ3n) is 4.96. The molecular weight excluding hydrogens is 387 g/mol. The maximum Gasteiger partial charge on any atom is 0.321 e. The van der Waals surface area contributed by atoms with Crippen LogP contribution in [0.5, 0.6) is 0 Å². The number of benzene rings is 2. The zero-order valence-electron chi connectivity index (χ0n) is 17.1. The molecule has 30 heavy (non-hydrogen) atoms. The fraction of sp³-hybridized carbons (Fsp3) is 0.318. The van der Waals surface area contributed by atoms with E-state index in [2.05, 4.69) is 10.6 Å². The molecule has 7 nitrogen and oxygen atoms in total. The first kappa shape index (κ1) is 21.3. The minimum absolute atomic E-state index is 0.171. The van der Waals surface area contributed by atoms with Crippen molar-refractivity contribution >= 4 is 29.2 Å². The van der Waals surface area contributed by atoms with Crippen molar-refractivity contribution in [2.75, 3.05) is 36.8 Å². The molecule has 1 aliphatic rings. The molecule has 0 saturated carbocycles. The molecule has 2 aromatic carbocycles. The van der Waals surface area contributed by atoms with Gasteiger partial charge < -0.3 is 20.4 Å². The third kappa shape index (κ3) is 5.34. The van der Waals surface area contributed by atoms with Crippen molar-refractivity contribution in [3.8, 4) is 0 Å². The third-order valence-corrected chi connectivity index (χ3v) is 4.96. The van der Waals surface area contributed by atoms with Gasteiger partial charge in [-0.25, -0.2) is 9.18 Å². The highest BCUT2D eigenvalue weighted by molar-refractivity contribution is 5.95. The summed E-state index contributed by atoms with van der Waals surface area (Å²) < 4.78 is 13.1. The van der Waals surface area contributed by atoms with Crippen molar-refractivity contribution in [2.45, 2.75) is 20.3 Å². The maximum absolute atomic E-state index is 13.1. The lowest BCUT2D eigenvalue weighted by atomic mass is 10.2. The van der Waals surface area contributed by atoms with E-state index < -0.39 is 0 Å². The molecule has 0 atom stereocenters. The van der Waals surface area contributed by atoms with E-state index in [0.29, 0.717) is 49.5 Å². The number of aryl methyl sites for hydroxylation is 1. The van der Waals surface area contributed by atoms with E-state index in [4.69, 9.17) is 0 Å². The van der Waals surface area contributed by atoms with Crippen LogP contribution in [0.3, 0.4) is 0 Å². The fourth-order valence-corrected chi connectivity index (χ4v) is 3.33. The van der Waals surface area contributed by atoms with E-state index in [0.717, 1.165) is 5.56 Å². The number of anilines is 2. The predicted molar refractivity (Wildman–Crippen MR) is 113 cm³/mol. The van der Waals surface area contributed by atoms with E-state index in [1.807, 2.05) is 13.0 Å². The van der Waals surface area contributed by atoms with Gasteiger partial charge in [-0.1, -0.05) is 6.07 Å². The van der Waals surface area contributed by atoms with Gasteiger partial charge in [-0.2, -0.15) is 0 Å². The van der Waals surface area contributed by atoms with Crippen LogP contribution >= 0.6 is 0 Å². The summed E-state index contributed by atoms with van der Waals surface area (Å²) in [5, 5.41) is 5.59. The Morgan fingerprint density at radius 1 is 0.900 bits per heavy atom. The minimum Gasteiger partial charge on any atom is -0.337 e. The van der Waals surface area contributed by atoms with Crippen molar-refractivity contribution < 1.29 is 18.8 Å². The number of carbonyl (C=O) groups is 3. The quantitative estimate of drug-likeness (QED) is 0.810. The van der Waals surface area contributed by atoms with Crippen LogP contribution in [0.1, 0.15) is 29.3 Å². The maximum atomic E-state index is 13.1. The largest absolute Gasteiger partial charge is 0.337 e. The van der Waals surface area contributed by atoms with Crippen LogP contribution in [0.15, 0.2) is 42.5 Å². The standard InChI is InChI=1S/C22H25FN4O3/c1-15-4-9-19(14-20(15)24-16(2)28)25-22(30)27-11-3-10-26(12-13-27)21(29)17-5-7-18(23)8-6-17/h4-9,14H,3,10-13H2,1-2H3,(H,24,28)(H,25,30). The molecule has 158 valence electrons. The number of rotatable bonds is 3. The molecule has 2 aromatic rings. The van der Waals surface area contributed by atoms with Gasteiger partial charge in [0.05, 0.1) is 0 Å². The van der Waals surface area contributed by atoms with Gasteiger partial charge >= 0.3 is 6.03 Å². The highest BCUT2D eigenvalue weighted by Gasteiger charge is 2.23. The normalized spacial score (nSPS) is 14.1. The Kier molecular flexibility index (Phi) is 6.66. The summed E-state index contributed by atoms with van der Waals surface area (Å²) in [5.74, 6) is -0.737. The molecule has 1 fully saturated rings.